The molecule has 0 aliphatic carbocycles. The number of anilines is 1. The number of hydrogen-bond donors (Lipinski definition) is 2. The smallest absolute Gasteiger partial charge is 0.418 e. The van der Waals surface area contributed by atoms with Crippen LogP contribution in [0.5, 0.6) is 0 Å². The van der Waals surface area contributed by atoms with Crippen LogP contribution in [0.3, 0.4) is 0 Å². The fraction of sp³-hybridized carbons (Fsp3) is 0.158. The molecular formula is C19H14ClF3N2O5S. The van der Waals surface area contributed by atoms with Crippen LogP contribution in [-0.4, -0.2) is 33.4 Å². The number of rotatable bonds is 7. The van der Waals surface area contributed by atoms with Gasteiger partial charge in [-0.25, -0.2) is 13.2 Å². The Kier molecular flexibility index (Phi) is 7.67. The molecule has 0 atom stereocenters. The summed E-state index contributed by atoms with van der Waals surface area (Å²) >= 11 is 5.74. The molecule has 0 aliphatic heterocycles. The number of alkyl halides is 3. The van der Waals surface area contributed by atoms with Gasteiger partial charge in [0.15, 0.2) is 6.61 Å². The molecule has 164 valence electrons. The molecule has 0 saturated heterocycles. The largest absolute Gasteiger partial charge is 0.452 e. The lowest BCUT2D eigenvalue weighted by Crippen LogP contribution is -2.25. The van der Waals surface area contributed by atoms with Crippen molar-refractivity contribution in [2.45, 2.75) is 11.1 Å². The Morgan fingerprint density at radius 3 is 2.48 bits per heavy atom. The topological polar surface area (TPSA) is 102 Å². The van der Waals surface area contributed by atoms with Crippen molar-refractivity contribution in [3.05, 3.63) is 58.6 Å². The van der Waals surface area contributed by atoms with Crippen LogP contribution < -0.4 is 10.0 Å². The molecule has 0 bridgehead atoms. The van der Waals surface area contributed by atoms with Crippen molar-refractivity contribution in [2.75, 3.05) is 18.5 Å². The second kappa shape index (κ2) is 9.82. The van der Waals surface area contributed by atoms with E-state index >= 15 is 0 Å². The average Bonchev–Trinajstić information content (AvgIpc) is 2.71. The molecule has 2 N–H and O–H groups in total. The molecule has 0 unspecified atom stereocenters. The summed E-state index contributed by atoms with van der Waals surface area (Å²) in [6, 6.07) is 7.65. The van der Waals surface area contributed by atoms with Crippen LogP contribution in [0.2, 0.25) is 5.02 Å². The lowest BCUT2D eigenvalue weighted by atomic mass is 10.1. The van der Waals surface area contributed by atoms with Crippen molar-refractivity contribution in [1.82, 2.24) is 4.72 Å². The summed E-state index contributed by atoms with van der Waals surface area (Å²) in [5.41, 5.74) is -2.05. The Morgan fingerprint density at radius 1 is 1.16 bits per heavy atom. The van der Waals surface area contributed by atoms with Gasteiger partial charge in [-0.3, -0.25) is 4.79 Å². The van der Waals surface area contributed by atoms with Crippen molar-refractivity contribution in [1.29, 1.82) is 0 Å². The average molecular weight is 475 g/mol. The van der Waals surface area contributed by atoms with E-state index in [9.17, 15) is 31.2 Å². The molecule has 2 rings (SSSR count). The summed E-state index contributed by atoms with van der Waals surface area (Å²) in [5, 5.41) is 1.60. The van der Waals surface area contributed by atoms with E-state index in [0.717, 1.165) is 24.3 Å². The fourth-order valence-electron chi connectivity index (χ4n) is 2.29. The molecule has 0 saturated carbocycles. The number of sulfonamides is 1. The maximum Gasteiger partial charge on any atom is 0.418 e. The van der Waals surface area contributed by atoms with Crippen LogP contribution in [0, 0.1) is 12.3 Å². The zero-order chi connectivity index (χ0) is 23.2. The first-order valence-electron chi connectivity index (χ1n) is 8.31. The lowest BCUT2D eigenvalue weighted by Gasteiger charge is -2.15. The Bertz CT molecular complexity index is 1140. The number of amides is 1. The number of carbonyl (C=O) groups excluding carboxylic acids is 2. The summed E-state index contributed by atoms with van der Waals surface area (Å²) in [4.78, 5) is 23.8. The van der Waals surface area contributed by atoms with Gasteiger partial charge in [0.1, 0.15) is 0 Å². The number of carbonyl (C=O) groups is 2. The highest BCUT2D eigenvalue weighted by Gasteiger charge is 2.34. The molecule has 7 nitrogen and oxygen atoms in total. The zero-order valence-corrected chi connectivity index (χ0v) is 17.1. The number of halogens is 4. The minimum atomic E-state index is -4.77. The molecule has 2 aromatic carbocycles. The van der Waals surface area contributed by atoms with Gasteiger partial charge in [-0.1, -0.05) is 29.7 Å². The summed E-state index contributed by atoms with van der Waals surface area (Å²) in [5.74, 6) is -0.0528. The molecule has 0 aliphatic rings. The number of benzene rings is 2. The van der Waals surface area contributed by atoms with Crippen molar-refractivity contribution >= 4 is 39.2 Å². The van der Waals surface area contributed by atoms with Crippen LogP contribution in [0.1, 0.15) is 15.9 Å². The maximum absolute atomic E-state index is 13.1. The fourth-order valence-corrected chi connectivity index (χ4v) is 3.49. The van der Waals surface area contributed by atoms with E-state index < -0.39 is 45.9 Å². The van der Waals surface area contributed by atoms with Crippen LogP contribution in [0.25, 0.3) is 0 Å². The summed E-state index contributed by atoms with van der Waals surface area (Å²) in [6.07, 6.45) is 0.224. The highest BCUT2D eigenvalue weighted by atomic mass is 35.5. The minimum absolute atomic E-state index is 0.204. The van der Waals surface area contributed by atoms with Crippen molar-refractivity contribution < 1.29 is 35.9 Å². The minimum Gasteiger partial charge on any atom is -0.452 e. The first-order chi connectivity index (χ1) is 14.5. The van der Waals surface area contributed by atoms with E-state index in [1.807, 2.05) is 5.32 Å². The number of ether oxygens (including phenoxy) is 1. The van der Waals surface area contributed by atoms with Crippen LogP contribution in [-0.2, 0) is 25.7 Å². The molecule has 0 aromatic heterocycles. The van der Waals surface area contributed by atoms with Gasteiger partial charge in [0.05, 0.1) is 33.3 Å². The number of esters is 1. The van der Waals surface area contributed by atoms with Gasteiger partial charge in [-0.15, -0.1) is 6.42 Å². The molecule has 31 heavy (non-hydrogen) atoms. The molecule has 2 aromatic rings. The van der Waals surface area contributed by atoms with E-state index in [4.69, 9.17) is 22.8 Å². The van der Waals surface area contributed by atoms with Gasteiger partial charge in [0.2, 0.25) is 10.0 Å². The Labute approximate surface area is 180 Å². The van der Waals surface area contributed by atoms with Gasteiger partial charge in [-0.2, -0.15) is 17.9 Å². The molecule has 12 heteroatoms. The SMILES string of the molecule is C#CCNS(=O)(=O)c1cccc(C(=O)OCC(=O)Nc2c(Cl)cccc2C(F)(F)F)c1. The molecular weight excluding hydrogens is 461 g/mol. The molecule has 0 fully saturated rings. The van der Waals surface area contributed by atoms with E-state index in [2.05, 4.69) is 10.6 Å². The molecule has 0 radical (unpaired) electrons. The summed E-state index contributed by atoms with van der Waals surface area (Å²) < 4.78 is 70.2. The number of terminal acetylenes is 1. The quantitative estimate of drug-likeness (QED) is 0.474. The first kappa shape index (κ1) is 24.2. The van der Waals surface area contributed by atoms with Gasteiger partial charge in [0, 0.05) is 0 Å². The zero-order valence-electron chi connectivity index (χ0n) is 15.5. The second-order valence-corrected chi connectivity index (χ2v) is 8.02. The lowest BCUT2D eigenvalue weighted by molar-refractivity contribution is -0.137. The number of hydrogen-bond acceptors (Lipinski definition) is 5. The molecule has 1 amide bonds. The number of para-hydroxylation sites is 1. The standard InChI is InChI=1S/C19H14ClF3N2O5S/c1-2-9-24-31(28,29)13-6-3-5-12(10-13)18(27)30-11-16(26)25-17-14(19(21,22)23)7-4-8-15(17)20/h1,3-8,10,24H,9,11H2,(H,25,26). The Hall–Kier alpha value is -3.07. The third-order valence-electron chi connectivity index (χ3n) is 3.66. The van der Waals surface area contributed by atoms with Crippen molar-refractivity contribution in [3.63, 3.8) is 0 Å². The Balaban J connectivity index is 2.09. The van der Waals surface area contributed by atoms with E-state index in [-0.39, 0.29) is 22.0 Å². The van der Waals surface area contributed by atoms with E-state index in [1.165, 1.54) is 18.2 Å². The molecule has 0 heterocycles. The highest BCUT2D eigenvalue weighted by molar-refractivity contribution is 7.89. The summed E-state index contributed by atoms with van der Waals surface area (Å²) in [7, 11) is -3.97. The van der Waals surface area contributed by atoms with E-state index in [1.54, 1.807) is 0 Å². The van der Waals surface area contributed by atoms with Gasteiger partial charge in [0.25, 0.3) is 5.91 Å². The number of nitrogens with one attached hydrogen (secondary N) is 2. The van der Waals surface area contributed by atoms with E-state index in [0.29, 0.717) is 0 Å². The van der Waals surface area contributed by atoms with Gasteiger partial charge >= 0.3 is 12.1 Å². The normalized spacial score (nSPS) is 11.5. The van der Waals surface area contributed by atoms with Crippen LogP contribution in [0.4, 0.5) is 18.9 Å². The highest BCUT2D eigenvalue weighted by Crippen LogP contribution is 2.38. The monoisotopic (exact) mass is 474 g/mol. The Morgan fingerprint density at radius 2 is 1.84 bits per heavy atom. The van der Waals surface area contributed by atoms with Gasteiger partial charge < -0.3 is 10.1 Å². The predicted octanol–water partition coefficient (Wildman–Crippen LogP) is 3.07. The predicted molar refractivity (Wildman–Crippen MR) is 106 cm³/mol. The van der Waals surface area contributed by atoms with Crippen LogP contribution in [0.15, 0.2) is 47.4 Å². The summed E-state index contributed by atoms with van der Waals surface area (Å²) in [6.45, 7) is -1.20. The van der Waals surface area contributed by atoms with Crippen LogP contribution >= 0.6 is 11.6 Å². The van der Waals surface area contributed by atoms with Crippen molar-refractivity contribution in [3.8, 4) is 12.3 Å². The second-order valence-electron chi connectivity index (χ2n) is 5.84. The van der Waals surface area contributed by atoms with Gasteiger partial charge in [-0.05, 0) is 30.3 Å². The third kappa shape index (κ3) is 6.45. The maximum atomic E-state index is 13.1. The first-order valence-corrected chi connectivity index (χ1v) is 10.2. The third-order valence-corrected chi connectivity index (χ3v) is 5.38. The molecule has 0 spiro atoms. The van der Waals surface area contributed by atoms with Crippen molar-refractivity contribution in [2.24, 2.45) is 0 Å².